The van der Waals surface area contributed by atoms with Crippen LogP contribution in [0.4, 0.5) is 10.1 Å². The van der Waals surface area contributed by atoms with Gasteiger partial charge in [0.15, 0.2) is 5.82 Å². The van der Waals surface area contributed by atoms with Gasteiger partial charge in [0.25, 0.3) is 0 Å². The molecule has 92 valence electrons. The normalized spacial score (nSPS) is 11.9. The van der Waals surface area contributed by atoms with E-state index in [0.717, 1.165) is 6.42 Å². The highest BCUT2D eigenvalue weighted by atomic mass is 79.9. The molecule has 17 heavy (non-hydrogen) atoms. The van der Waals surface area contributed by atoms with Gasteiger partial charge in [-0.05, 0) is 40.9 Å². The molecule has 1 unspecified atom stereocenters. The number of hydrogen-bond acceptors (Lipinski definition) is 3. The van der Waals surface area contributed by atoms with Crippen LogP contribution in [0.1, 0.15) is 25.3 Å². The van der Waals surface area contributed by atoms with E-state index in [1.165, 1.54) is 0 Å². The fraction of sp³-hybridized carbons (Fsp3) is 0.417. The van der Waals surface area contributed by atoms with Crippen LogP contribution in [0, 0.1) is 17.1 Å². The molecule has 1 aromatic carbocycles. The van der Waals surface area contributed by atoms with Gasteiger partial charge in [0, 0.05) is 12.6 Å². The molecule has 0 saturated carbocycles. The SMILES string of the molecule is CCC(CCO)Nc1ccc(C#N)c(Br)c1F. The molecule has 0 aliphatic heterocycles. The zero-order valence-corrected chi connectivity index (χ0v) is 11.1. The van der Waals surface area contributed by atoms with Crippen molar-refractivity contribution < 1.29 is 9.50 Å². The van der Waals surface area contributed by atoms with Crippen molar-refractivity contribution in [3.05, 3.63) is 28.0 Å². The molecular formula is C12H14BrFN2O. The average molecular weight is 301 g/mol. The Kier molecular flexibility index (Phi) is 5.39. The fourth-order valence-electron chi connectivity index (χ4n) is 1.50. The van der Waals surface area contributed by atoms with Crippen molar-refractivity contribution in [2.75, 3.05) is 11.9 Å². The van der Waals surface area contributed by atoms with E-state index in [9.17, 15) is 4.39 Å². The predicted octanol–water partition coefficient (Wildman–Crippen LogP) is 3.03. The quantitative estimate of drug-likeness (QED) is 0.879. The lowest BCUT2D eigenvalue weighted by Gasteiger charge is -2.18. The summed E-state index contributed by atoms with van der Waals surface area (Å²) in [6.07, 6.45) is 1.35. The first kappa shape index (κ1) is 13.9. The van der Waals surface area contributed by atoms with Crippen LogP contribution < -0.4 is 5.32 Å². The lowest BCUT2D eigenvalue weighted by atomic mass is 10.1. The first-order chi connectivity index (χ1) is 8.13. The zero-order valence-electron chi connectivity index (χ0n) is 9.50. The highest BCUT2D eigenvalue weighted by Gasteiger charge is 2.13. The third kappa shape index (κ3) is 3.42. The smallest absolute Gasteiger partial charge is 0.161 e. The molecule has 0 bridgehead atoms. The summed E-state index contributed by atoms with van der Waals surface area (Å²) >= 11 is 3.06. The molecular weight excluding hydrogens is 287 g/mol. The van der Waals surface area contributed by atoms with Crippen molar-refractivity contribution in [3.8, 4) is 6.07 Å². The van der Waals surface area contributed by atoms with Crippen molar-refractivity contribution in [2.24, 2.45) is 0 Å². The van der Waals surface area contributed by atoms with Crippen molar-refractivity contribution in [2.45, 2.75) is 25.8 Å². The van der Waals surface area contributed by atoms with Gasteiger partial charge in [0.1, 0.15) is 6.07 Å². The molecule has 5 heteroatoms. The van der Waals surface area contributed by atoms with Crippen molar-refractivity contribution in [1.29, 1.82) is 5.26 Å². The van der Waals surface area contributed by atoms with E-state index < -0.39 is 5.82 Å². The Hall–Kier alpha value is -1.12. The number of anilines is 1. The summed E-state index contributed by atoms with van der Waals surface area (Å²) in [5.41, 5.74) is 0.611. The minimum Gasteiger partial charge on any atom is -0.396 e. The maximum Gasteiger partial charge on any atom is 0.161 e. The van der Waals surface area contributed by atoms with Gasteiger partial charge in [0.05, 0.1) is 15.7 Å². The van der Waals surface area contributed by atoms with Crippen molar-refractivity contribution >= 4 is 21.6 Å². The van der Waals surface area contributed by atoms with Crippen LogP contribution in [0.15, 0.2) is 16.6 Å². The molecule has 0 aliphatic carbocycles. The number of aliphatic hydroxyl groups is 1. The van der Waals surface area contributed by atoms with Crippen LogP contribution in [0.5, 0.6) is 0 Å². The maximum atomic E-state index is 13.9. The van der Waals surface area contributed by atoms with Crippen LogP contribution in [-0.4, -0.2) is 17.8 Å². The van der Waals surface area contributed by atoms with Gasteiger partial charge < -0.3 is 10.4 Å². The second-order valence-corrected chi connectivity index (χ2v) is 4.46. The molecule has 0 fully saturated rings. The fourth-order valence-corrected chi connectivity index (χ4v) is 1.94. The minimum atomic E-state index is -0.472. The third-order valence-electron chi connectivity index (χ3n) is 2.53. The summed E-state index contributed by atoms with van der Waals surface area (Å²) < 4.78 is 14.0. The first-order valence-electron chi connectivity index (χ1n) is 5.39. The molecule has 3 nitrogen and oxygen atoms in total. The molecule has 1 rings (SSSR count). The molecule has 0 amide bonds. The predicted molar refractivity (Wildman–Crippen MR) is 68.2 cm³/mol. The van der Waals surface area contributed by atoms with Crippen LogP contribution in [0.2, 0.25) is 0 Å². The number of nitrogens with one attached hydrogen (secondary N) is 1. The number of halogens is 2. The van der Waals surface area contributed by atoms with Crippen molar-refractivity contribution in [3.63, 3.8) is 0 Å². The maximum absolute atomic E-state index is 13.9. The van der Waals surface area contributed by atoms with Gasteiger partial charge in [-0.15, -0.1) is 0 Å². The topological polar surface area (TPSA) is 56.0 Å². The number of aliphatic hydroxyl groups excluding tert-OH is 1. The summed E-state index contributed by atoms with van der Waals surface area (Å²) in [6, 6.07) is 5.02. The van der Waals surface area contributed by atoms with Crippen molar-refractivity contribution in [1.82, 2.24) is 0 Å². The van der Waals surface area contributed by atoms with Gasteiger partial charge in [-0.1, -0.05) is 6.92 Å². The Morgan fingerprint density at radius 3 is 2.82 bits per heavy atom. The number of nitrogens with zero attached hydrogens (tertiary/aromatic N) is 1. The van der Waals surface area contributed by atoms with E-state index in [-0.39, 0.29) is 22.7 Å². The second-order valence-electron chi connectivity index (χ2n) is 3.66. The average Bonchev–Trinajstić information content (AvgIpc) is 2.34. The Balaban J connectivity index is 2.93. The summed E-state index contributed by atoms with van der Waals surface area (Å²) in [5, 5.41) is 20.6. The summed E-state index contributed by atoms with van der Waals surface area (Å²) in [5.74, 6) is -0.472. The first-order valence-corrected chi connectivity index (χ1v) is 6.18. The molecule has 0 aromatic heterocycles. The van der Waals surface area contributed by atoms with Gasteiger partial charge in [0.2, 0.25) is 0 Å². The zero-order chi connectivity index (χ0) is 12.8. The highest BCUT2D eigenvalue weighted by Crippen LogP contribution is 2.27. The van der Waals surface area contributed by atoms with E-state index in [2.05, 4.69) is 21.2 Å². The number of benzene rings is 1. The van der Waals surface area contributed by atoms with E-state index in [1.807, 2.05) is 13.0 Å². The Morgan fingerprint density at radius 2 is 2.29 bits per heavy atom. The van der Waals surface area contributed by atoms with Crippen LogP contribution in [-0.2, 0) is 0 Å². The standard InChI is InChI=1S/C12H14BrFN2O/c1-2-9(5-6-17)16-10-4-3-8(7-15)11(13)12(10)14/h3-4,9,16-17H,2,5-6H2,1H3. The van der Waals surface area contributed by atoms with Gasteiger partial charge in [-0.25, -0.2) is 4.39 Å². The van der Waals surface area contributed by atoms with Gasteiger partial charge in [-0.3, -0.25) is 0 Å². The Bertz CT molecular complexity index is 431. The Labute approximate surface area is 108 Å². The van der Waals surface area contributed by atoms with Crippen LogP contribution >= 0.6 is 15.9 Å². The lowest BCUT2D eigenvalue weighted by Crippen LogP contribution is -2.20. The second kappa shape index (κ2) is 6.58. The molecule has 1 atom stereocenters. The molecule has 0 heterocycles. The minimum absolute atomic E-state index is 0.0225. The number of hydrogen-bond donors (Lipinski definition) is 2. The monoisotopic (exact) mass is 300 g/mol. The Morgan fingerprint density at radius 1 is 1.59 bits per heavy atom. The highest BCUT2D eigenvalue weighted by molar-refractivity contribution is 9.10. The molecule has 0 spiro atoms. The van der Waals surface area contributed by atoms with E-state index in [0.29, 0.717) is 12.1 Å². The van der Waals surface area contributed by atoms with E-state index >= 15 is 0 Å². The summed E-state index contributed by atoms with van der Waals surface area (Å²) in [7, 11) is 0. The molecule has 0 aliphatic rings. The van der Waals surface area contributed by atoms with Crippen LogP contribution in [0.3, 0.4) is 0 Å². The summed E-state index contributed by atoms with van der Waals surface area (Å²) in [4.78, 5) is 0. The van der Waals surface area contributed by atoms with E-state index in [4.69, 9.17) is 10.4 Å². The van der Waals surface area contributed by atoms with Gasteiger partial charge in [-0.2, -0.15) is 5.26 Å². The third-order valence-corrected chi connectivity index (χ3v) is 3.31. The van der Waals surface area contributed by atoms with E-state index in [1.54, 1.807) is 12.1 Å². The number of nitriles is 1. The largest absolute Gasteiger partial charge is 0.396 e. The molecule has 0 radical (unpaired) electrons. The number of rotatable bonds is 5. The van der Waals surface area contributed by atoms with Gasteiger partial charge >= 0.3 is 0 Å². The molecule has 1 aromatic rings. The molecule has 2 N–H and O–H groups in total. The molecule has 0 saturated heterocycles. The van der Waals surface area contributed by atoms with Crippen LogP contribution in [0.25, 0.3) is 0 Å². The lowest BCUT2D eigenvalue weighted by molar-refractivity contribution is 0.278. The summed E-state index contributed by atoms with van der Waals surface area (Å²) in [6.45, 7) is 2.02.